The topological polar surface area (TPSA) is 0 Å². The molecule has 0 aromatic rings. The van der Waals surface area contributed by atoms with Crippen LogP contribution in [0.4, 0.5) is 0 Å². The maximum absolute atomic E-state index is 2.47. The molecule has 76 valence electrons. The van der Waals surface area contributed by atoms with Crippen LogP contribution in [0, 0.1) is 6.42 Å². The van der Waals surface area contributed by atoms with E-state index in [2.05, 4.69) is 20.3 Å². The molecule has 0 radical (unpaired) electrons. The minimum absolute atomic E-state index is 0. The Morgan fingerprint density at radius 1 is 0.692 bits per heavy atom. The van der Waals surface area contributed by atoms with Crippen LogP contribution in [-0.4, -0.2) is 0 Å². The maximum atomic E-state index is 2.47. The second kappa shape index (κ2) is 15.1. The van der Waals surface area contributed by atoms with Crippen molar-refractivity contribution in [3.8, 4) is 0 Å². The molecule has 13 heavy (non-hydrogen) atoms. The molecule has 0 bridgehead atoms. The Balaban J connectivity index is 0. The van der Waals surface area contributed by atoms with Crippen molar-refractivity contribution in [3.05, 3.63) is 6.42 Å². The molecule has 0 atom stereocenters. The van der Waals surface area contributed by atoms with E-state index in [9.17, 15) is 0 Å². The first-order valence-corrected chi connectivity index (χ1v) is 5.73. The van der Waals surface area contributed by atoms with Gasteiger partial charge in [0.1, 0.15) is 0 Å². The van der Waals surface area contributed by atoms with Gasteiger partial charge in [-0.15, -0.1) is 0 Å². The van der Waals surface area contributed by atoms with Gasteiger partial charge in [-0.25, -0.2) is 0 Å². The summed E-state index contributed by atoms with van der Waals surface area (Å²) in [4.78, 5) is 0. The van der Waals surface area contributed by atoms with Crippen LogP contribution < -0.4 is 0 Å². The van der Waals surface area contributed by atoms with Gasteiger partial charge in [0.05, 0.1) is 0 Å². The molecule has 0 nitrogen and oxygen atoms in total. The van der Waals surface area contributed by atoms with Gasteiger partial charge in [0, 0.05) is 19.5 Å². The summed E-state index contributed by atoms with van der Waals surface area (Å²) >= 11 is 0. The fourth-order valence-electron chi connectivity index (χ4n) is 1.39. The van der Waals surface area contributed by atoms with Gasteiger partial charge in [-0.1, -0.05) is 58.8 Å². The first kappa shape index (κ1) is 16.1. The van der Waals surface area contributed by atoms with Crippen LogP contribution in [0.25, 0.3) is 0 Å². The van der Waals surface area contributed by atoms with Crippen molar-refractivity contribution in [1.82, 2.24) is 0 Å². The monoisotopic (exact) mass is 233 g/mol. The summed E-state index contributed by atoms with van der Waals surface area (Å²) in [6.07, 6.45) is 15.0. The second-order valence-corrected chi connectivity index (χ2v) is 3.63. The molecule has 0 aliphatic heterocycles. The van der Waals surface area contributed by atoms with Crippen molar-refractivity contribution in [2.24, 2.45) is 0 Å². The Morgan fingerprint density at radius 3 is 1.85 bits per heavy atom. The van der Waals surface area contributed by atoms with Gasteiger partial charge in [-0.2, -0.15) is 12.8 Å². The van der Waals surface area contributed by atoms with E-state index in [4.69, 9.17) is 0 Å². The van der Waals surface area contributed by atoms with E-state index in [1.54, 1.807) is 0 Å². The van der Waals surface area contributed by atoms with Gasteiger partial charge >= 0.3 is 0 Å². The summed E-state index contributed by atoms with van der Waals surface area (Å²) in [6, 6.07) is 0. The molecular weight excluding hydrogens is 210 g/mol. The number of hydrogen-bond donors (Lipinski definition) is 0. The third-order valence-electron chi connectivity index (χ3n) is 2.27. The van der Waals surface area contributed by atoms with E-state index >= 15 is 0 Å². The molecule has 0 aliphatic rings. The molecule has 0 aliphatic carbocycles. The van der Waals surface area contributed by atoms with Gasteiger partial charge in [0.25, 0.3) is 0 Å². The van der Waals surface area contributed by atoms with Gasteiger partial charge in [-0.3, -0.25) is 0 Å². The molecule has 0 aromatic carbocycles. The number of hydrogen-bond acceptors (Lipinski definition) is 0. The first-order valence-electron chi connectivity index (χ1n) is 5.73. The molecule has 1 heteroatoms. The van der Waals surface area contributed by atoms with Crippen molar-refractivity contribution >= 4 is 0 Å². The predicted molar refractivity (Wildman–Crippen MR) is 57.2 cm³/mol. The smallest absolute Gasteiger partial charge is 0 e. The zero-order valence-corrected chi connectivity index (χ0v) is 12.6. The summed E-state index contributed by atoms with van der Waals surface area (Å²) in [5.41, 5.74) is 0. The normalized spacial score (nSPS) is 9.69. The van der Waals surface area contributed by atoms with Gasteiger partial charge in [-0.05, 0) is 0 Å². The van der Waals surface area contributed by atoms with Crippen LogP contribution in [0.1, 0.15) is 71.6 Å². The van der Waals surface area contributed by atoms with Crippen molar-refractivity contribution in [2.45, 2.75) is 71.6 Å². The van der Waals surface area contributed by atoms with Crippen LogP contribution >= 0.6 is 0 Å². The summed E-state index contributed by atoms with van der Waals surface area (Å²) in [5, 5.41) is 0. The fraction of sp³-hybridized carbons (Fsp3) is 0.917. The second-order valence-electron chi connectivity index (χ2n) is 3.63. The molecule has 0 heterocycles. The van der Waals surface area contributed by atoms with E-state index in [0.717, 1.165) is 0 Å². The quantitative estimate of drug-likeness (QED) is 0.307. The van der Waals surface area contributed by atoms with Gasteiger partial charge in [0.2, 0.25) is 0 Å². The molecule has 0 N–H and O–H groups in total. The molecular formula is C12H25Zn-. The van der Waals surface area contributed by atoms with Crippen LogP contribution in [0.2, 0.25) is 0 Å². The average Bonchev–Trinajstić information content (AvgIpc) is 2.10. The van der Waals surface area contributed by atoms with E-state index in [0.29, 0.717) is 0 Å². The van der Waals surface area contributed by atoms with Crippen LogP contribution in [0.5, 0.6) is 0 Å². The molecule has 0 amide bonds. The Morgan fingerprint density at radius 2 is 1.23 bits per heavy atom. The van der Waals surface area contributed by atoms with Crippen molar-refractivity contribution in [2.75, 3.05) is 0 Å². The minimum atomic E-state index is 0. The Hall–Kier alpha value is 0.623. The third kappa shape index (κ3) is 15.4. The van der Waals surface area contributed by atoms with Crippen LogP contribution in [0.3, 0.4) is 0 Å². The number of unbranched alkanes of at least 4 members (excludes halogenated alkanes) is 9. The van der Waals surface area contributed by atoms with Gasteiger partial charge < -0.3 is 6.42 Å². The van der Waals surface area contributed by atoms with Crippen LogP contribution in [0.15, 0.2) is 0 Å². The summed E-state index contributed by atoms with van der Waals surface area (Å²) in [5.74, 6) is 0. The Bertz CT molecular complexity index is 61.5. The predicted octanol–water partition coefficient (Wildman–Crippen LogP) is 4.74. The average molecular weight is 235 g/mol. The SMILES string of the molecule is CCCC[CH-]CCCCCCC.[Zn]. The molecule has 0 rings (SSSR count). The Labute approximate surface area is 97.6 Å². The first-order chi connectivity index (χ1) is 5.91. The molecule has 0 saturated carbocycles. The molecule has 0 aromatic heterocycles. The molecule has 0 spiro atoms. The van der Waals surface area contributed by atoms with Crippen molar-refractivity contribution in [3.63, 3.8) is 0 Å². The van der Waals surface area contributed by atoms with Crippen molar-refractivity contribution in [1.29, 1.82) is 0 Å². The minimum Gasteiger partial charge on any atom is -0.328 e. The standard InChI is InChI=1S/C12H25.Zn/c1-3-5-7-9-11-12-10-8-6-4-2;/h9H,3-8,10-12H2,1-2H3;/q-1;. The molecule has 0 unspecified atom stereocenters. The summed E-state index contributed by atoms with van der Waals surface area (Å²) in [7, 11) is 0. The number of rotatable bonds is 9. The summed E-state index contributed by atoms with van der Waals surface area (Å²) in [6.45, 7) is 4.53. The zero-order valence-electron chi connectivity index (χ0n) is 9.65. The van der Waals surface area contributed by atoms with Crippen LogP contribution in [-0.2, 0) is 19.5 Å². The fourth-order valence-corrected chi connectivity index (χ4v) is 1.39. The van der Waals surface area contributed by atoms with Crippen molar-refractivity contribution < 1.29 is 19.5 Å². The van der Waals surface area contributed by atoms with E-state index in [1.807, 2.05) is 0 Å². The third-order valence-corrected chi connectivity index (χ3v) is 2.27. The Kier molecular flexibility index (Phi) is 18.7. The van der Waals surface area contributed by atoms with E-state index < -0.39 is 0 Å². The zero-order chi connectivity index (χ0) is 9.07. The summed E-state index contributed by atoms with van der Waals surface area (Å²) < 4.78 is 0. The maximum Gasteiger partial charge on any atom is 0 e. The largest absolute Gasteiger partial charge is 0.328 e. The molecule has 0 fully saturated rings. The molecule has 0 saturated heterocycles. The van der Waals surface area contributed by atoms with E-state index in [-0.39, 0.29) is 19.5 Å². The van der Waals surface area contributed by atoms with E-state index in [1.165, 1.54) is 57.8 Å². The van der Waals surface area contributed by atoms with Gasteiger partial charge in [0.15, 0.2) is 0 Å².